The fourth-order valence-electron chi connectivity index (χ4n) is 4.90. The predicted octanol–water partition coefficient (Wildman–Crippen LogP) is 5.82. The van der Waals surface area contributed by atoms with Crippen LogP contribution in [0, 0.1) is 6.92 Å². The summed E-state index contributed by atoms with van der Waals surface area (Å²) >= 11 is 1.19. The zero-order valence-electron chi connectivity index (χ0n) is 21.3. The topological polar surface area (TPSA) is 88.6 Å². The number of nitrogens with zero attached hydrogens (tertiary/aromatic N) is 2. The monoisotopic (exact) mass is 585 g/mol. The lowest BCUT2D eigenvalue weighted by Gasteiger charge is -2.33. The molecule has 0 fully saturated rings. The Labute approximate surface area is 229 Å². The fraction of sp³-hybridized carbons (Fsp3) is 0.333. The summed E-state index contributed by atoms with van der Waals surface area (Å²) in [6.45, 7) is 1.49. The van der Waals surface area contributed by atoms with Gasteiger partial charge in [0, 0.05) is 34.9 Å². The Morgan fingerprint density at radius 1 is 1.12 bits per heavy atom. The molecule has 2 atom stereocenters. The molecule has 0 bridgehead atoms. The second kappa shape index (κ2) is 10.8. The number of aryl methyl sites for hydroxylation is 1. The van der Waals surface area contributed by atoms with E-state index < -0.39 is 59.2 Å². The van der Waals surface area contributed by atoms with Gasteiger partial charge in [-0.2, -0.15) is 26.3 Å². The van der Waals surface area contributed by atoms with Gasteiger partial charge in [0.1, 0.15) is 6.04 Å². The number of aromatic hydroxyl groups is 1. The molecule has 0 saturated heterocycles. The number of thioether (sulfide) groups is 1. The van der Waals surface area contributed by atoms with Gasteiger partial charge in [-0.05, 0) is 49.1 Å². The minimum Gasteiger partial charge on any atom is -0.502 e. The number of aromatic nitrogens is 1. The van der Waals surface area contributed by atoms with Crippen LogP contribution in [0.2, 0.25) is 0 Å². The normalized spacial score (nSPS) is 16.1. The molecule has 6 nitrogen and oxygen atoms in total. The van der Waals surface area contributed by atoms with E-state index in [9.17, 15) is 41.0 Å². The number of hydrogen-bond acceptors (Lipinski definition) is 5. The third-order valence-electron chi connectivity index (χ3n) is 7.01. The molecule has 3 N–H and O–H groups in total. The molecule has 0 saturated carbocycles. The van der Waals surface area contributed by atoms with Crippen LogP contribution >= 0.6 is 11.8 Å². The SMILES string of the molecule is Cc1cn(N)c(C(=O)N(CC[C@@H]2c3ccccc3SCc3c2cccc3C(F)(F)F)[C@H](C)C(F)(F)F)c(O)c1=O. The minimum atomic E-state index is -4.89. The molecule has 13 heteroatoms. The van der Waals surface area contributed by atoms with Crippen molar-refractivity contribution in [3.05, 3.63) is 92.4 Å². The average Bonchev–Trinajstić information content (AvgIpc) is 3.03. The van der Waals surface area contributed by atoms with E-state index in [0.717, 1.165) is 19.2 Å². The van der Waals surface area contributed by atoms with Crippen LogP contribution in [0.25, 0.3) is 0 Å². The van der Waals surface area contributed by atoms with Crippen LogP contribution in [0.15, 0.2) is 58.4 Å². The highest BCUT2D eigenvalue weighted by molar-refractivity contribution is 7.98. The van der Waals surface area contributed by atoms with E-state index >= 15 is 0 Å². The number of rotatable bonds is 5. The van der Waals surface area contributed by atoms with Crippen LogP contribution in [-0.2, 0) is 11.9 Å². The Morgan fingerprint density at radius 3 is 2.42 bits per heavy atom. The van der Waals surface area contributed by atoms with E-state index in [1.54, 1.807) is 24.3 Å². The van der Waals surface area contributed by atoms with Crippen molar-refractivity contribution in [1.29, 1.82) is 0 Å². The molecular formula is C27H25F6N3O3S. The number of benzene rings is 2. The van der Waals surface area contributed by atoms with Crippen molar-refractivity contribution in [3.8, 4) is 5.75 Å². The molecule has 40 heavy (non-hydrogen) atoms. The van der Waals surface area contributed by atoms with Gasteiger partial charge in [-0.3, -0.25) is 14.3 Å². The Bertz CT molecular complexity index is 1500. The Hall–Kier alpha value is -3.61. The number of carbonyl (C=O) groups is 1. The highest BCUT2D eigenvalue weighted by atomic mass is 32.2. The van der Waals surface area contributed by atoms with Gasteiger partial charge in [0.05, 0.1) is 5.56 Å². The van der Waals surface area contributed by atoms with E-state index in [2.05, 4.69) is 0 Å². The number of nitrogens with two attached hydrogens (primary N) is 1. The fourth-order valence-corrected chi connectivity index (χ4v) is 6.07. The number of hydrogen-bond donors (Lipinski definition) is 2. The van der Waals surface area contributed by atoms with Crippen molar-refractivity contribution in [1.82, 2.24) is 9.58 Å². The Balaban J connectivity index is 1.81. The largest absolute Gasteiger partial charge is 0.502 e. The van der Waals surface area contributed by atoms with Crippen molar-refractivity contribution >= 4 is 17.7 Å². The first kappa shape index (κ1) is 29.4. The average molecular weight is 586 g/mol. The van der Waals surface area contributed by atoms with Crippen molar-refractivity contribution < 1.29 is 36.2 Å². The van der Waals surface area contributed by atoms with Gasteiger partial charge in [-0.15, -0.1) is 11.8 Å². The number of fused-ring (bicyclic) bond motifs is 2. The maximum absolute atomic E-state index is 13.9. The van der Waals surface area contributed by atoms with E-state index in [1.165, 1.54) is 30.8 Å². The molecular weight excluding hydrogens is 560 g/mol. The molecule has 0 radical (unpaired) electrons. The summed E-state index contributed by atoms with van der Waals surface area (Å²) in [5, 5.41) is 10.3. The number of alkyl halides is 6. The maximum atomic E-state index is 13.9. The number of carbonyl (C=O) groups excluding carboxylic acids is 1. The lowest BCUT2D eigenvalue weighted by Crippen LogP contribution is -2.49. The maximum Gasteiger partial charge on any atom is 0.416 e. The van der Waals surface area contributed by atoms with Gasteiger partial charge in [-0.25, -0.2) is 0 Å². The van der Waals surface area contributed by atoms with Gasteiger partial charge < -0.3 is 15.8 Å². The highest BCUT2D eigenvalue weighted by Crippen LogP contribution is 2.46. The molecule has 214 valence electrons. The molecule has 1 aliphatic heterocycles. The van der Waals surface area contributed by atoms with Gasteiger partial charge in [0.2, 0.25) is 5.43 Å². The lowest BCUT2D eigenvalue weighted by molar-refractivity contribution is -0.172. The second-order valence-electron chi connectivity index (χ2n) is 9.50. The van der Waals surface area contributed by atoms with Crippen LogP contribution in [0.3, 0.4) is 0 Å². The van der Waals surface area contributed by atoms with Gasteiger partial charge in [0.15, 0.2) is 11.4 Å². The van der Waals surface area contributed by atoms with Crippen LogP contribution in [0.1, 0.15) is 57.6 Å². The van der Waals surface area contributed by atoms with Crippen molar-refractivity contribution in [2.45, 2.75) is 55.2 Å². The molecule has 1 aromatic heterocycles. The van der Waals surface area contributed by atoms with E-state index in [4.69, 9.17) is 5.84 Å². The van der Waals surface area contributed by atoms with Gasteiger partial charge in [0.25, 0.3) is 5.91 Å². The summed E-state index contributed by atoms with van der Waals surface area (Å²) < 4.78 is 84.1. The first-order chi connectivity index (χ1) is 18.6. The van der Waals surface area contributed by atoms with E-state index in [1.807, 2.05) is 0 Å². The molecule has 3 aromatic rings. The standard InChI is InChI=1S/C27H25F6N3O3S/c1-14-12-36(34)22(24(38)23(14)37)25(39)35(15(2)26(28,29)30)11-10-17-16-7-5-8-20(27(31,32)33)19(16)13-40-21-9-4-3-6-18(17)21/h3-9,12,15,17,38H,10-11,13,34H2,1-2H3/t15-,17+/m1/s1. The third-order valence-corrected chi connectivity index (χ3v) is 8.13. The Morgan fingerprint density at radius 2 is 1.77 bits per heavy atom. The minimum absolute atomic E-state index is 0.00316. The lowest BCUT2D eigenvalue weighted by atomic mass is 9.84. The zero-order valence-corrected chi connectivity index (χ0v) is 22.1. The Kier molecular flexibility index (Phi) is 7.90. The van der Waals surface area contributed by atoms with Crippen LogP contribution in [0.5, 0.6) is 5.75 Å². The van der Waals surface area contributed by atoms with Crippen molar-refractivity contribution in [2.24, 2.45) is 0 Å². The van der Waals surface area contributed by atoms with E-state index in [0.29, 0.717) is 25.6 Å². The first-order valence-corrected chi connectivity index (χ1v) is 13.1. The van der Waals surface area contributed by atoms with Crippen LogP contribution < -0.4 is 11.3 Å². The quantitative estimate of drug-likeness (QED) is 0.291. The second-order valence-corrected chi connectivity index (χ2v) is 10.5. The number of pyridine rings is 1. The number of halogens is 6. The molecule has 0 spiro atoms. The molecule has 0 unspecified atom stereocenters. The summed E-state index contributed by atoms with van der Waals surface area (Å²) in [5.41, 5.74) is -1.72. The molecule has 0 aliphatic carbocycles. The summed E-state index contributed by atoms with van der Waals surface area (Å²) in [5.74, 6) is 2.53. The highest BCUT2D eigenvalue weighted by Gasteiger charge is 2.44. The third kappa shape index (κ3) is 5.51. The predicted molar refractivity (Wildman–Crippen MR) is 138 cm³/mol. The summed E-state index contributed by atoms with van der Waals surface area (Å²) in [6, 6.07) is 8.19. The molecule has 1 amide bonds. The van der Waals surface area contributed by atoms with Crippen molar-refractivity contribution in [2.75, 3.05) is 12.4 Å². The van der Waals surface area contributed by atoms with E-state index in [-0.39, 0.29) is 23.3 Å². The first-order valence-electron chi connectivity index (χ1n) is 12.1. The van der Waals surface area contributed by atoms with Crippen molar-refractivity contribution in [3.63, 3.8) is 0 Å². The molecule has 1 aliphatic rings. The smallest absolute Gasteiger partial charge is 0.416 e. The van der Waals surface area contributed by atoms with Gasteiger partial charge >= 0.3 is 12.4 Å². The summed E-state index contributed by atoms with van der Waals surface area (Å²) in [6.07, 6.45) is -8.71. The van der Waals surface area contributed by atoms with Crippen LogP contribution in [-0.4, -0.2) is 39.4 Å². The molecule has 2 aromatic carbocycles. The molecule has 4 rings (SSSR count). The zero-order chi connectivity index (χ0) is 29.6. The number of nitrogen functional groups attached to an aromatic ring is 1. The summed E-state index contributed by atoms with van der Waals surface area (Å²) in [7, 11) is 0. The number of amides is 1. The molecule has 2 heterocycles. The van der Waals surface area contributed by atoms with Gasteiger partial charge in [-0.1, -0.05) is 30.3 Å². The summed E-state index contributed by atoms with van der Waals surface area (Å²) in [4.78, 5) is 26.8. The van der Waals surface area contributed by atoms with Crippen LogP contribution in [0.4, 0.5) is 26.3 Å².